The zero-order valence-corrected chi connectivity index (χ0v) is 15.1. The van der Waals surface area contributed by atoms with Crippen molar-refractivity contribution in [3.8, 4) is 11.5 Å². The minimum Gasteiger partial charge on any atom is -0.493 e. The molecule has 0 atom stereocenters. The van der Waals surface area contributed by atoms with Crippen LogP contribution in [0.5, 0.6) is 11.5 Å². The molecule has 2 aromatic carbocycles. The molecule has 2 aromatic rings. The number of nitro benzene ring substituents is 1. The van der Waals surface area contributed by atoms with Crippen LogP contribution in [0.2, 0.25) is 0 Å². The molecule has 0 N–H and O–H groups in total. The van der Waals surface area contributed by atoms with Gasteiger partial charge in [0.05, 0.1) is 25.6 Å². The molecule has 7 nitrogen and oxygen atoms in total. The first-order chi connectivity index (χ1) is 12.4. The van der Waals surface area contributed by atoms with E-state index in [2.05, 4.69) is 0 Å². The maximum Gasteiger partial charge on any atom is 0.269 e. The summed E-state index contributed by atoms with van der Waals surface area (Å²) >= 11 is 0. The summed E-state index contributed by atoms with van der Waals surface area (Å²) < 4.78 is 10.5. The Labute approximate surface area is 152 Å². The van der Waals surface area contributed by atoms with Gasteiger partial charge in [-0.25, -0.2) is 0 Å². The van der Waals surface area contributed by atoms with Crippen LogP contribution in [-0.4, -0.2) is 43.5 Å². The Balaban J connectivity index is 1.91. The minimum atomic E-state index is -0.457. The lowest BCUT2D eigenvalue weighted by atomic mass is 10.1. The van der Waals surface area contributed by atoms with E-state index in [1.165, 1.54) is 12.1 Å². The highest BCUT2D eigenvalue weighted by Crippen LogP contribution is 2.27. The van der Waals surface area contributed by atoms with E-state index >= 15 is 0 Å². The van der Waals surface area contributed by atoms with Gasteiger partial charge in [-0.15, -0.1) is 0 Å². The topological polar surface area (TPSA) is 81.9 Å². The van der Waals surface area contributed by atoms with Gasteiger partial charge in [-0.1, -0.05) is 18.2 Å². The van der Waals surface area contributed by atoms with E-state index in [0.29, 0.717) is 24.5 Å². The molecule has 7 heteroatoms. The summed E-state index contributed by atoms with van der Waals surface area (Å²) in [5.74, 6) is 1.28. The largest absolute Gasteiger partial charge is 0.493 e. The predicted molar refractivity (Wildman–Crippen MR) is 97.7 cm³/mol. The number of rotatable bonds is 8. The van der Waals surface area contributed by atoms with Crippen LogP contribution in [-0.2, 0) is 17.6 Å². The molecule has 0 aliphatic rings. The fourth-order valence-electron chi connectivity index (χ4n) is 2.50. The standard InChI is InChI=1S/C19H22N2O5/c1-20(11-10-15-6-9-17(25-2)18(12-15)26-3)19(22)13-14-4-7-16(8-5-14)21(23)24/h4-9,12H,10-11,13H2,1-3H3. The molecule has 0 unspecified atom stereocenters. The number of likely N-dealkylation sites (N-methyl/N-ethyl adjacent to an activating group) is 1. The molecule has 0 aliphatic carbocycles. The highest BCUT2D eigenvalue weighted by atomic mass is 16.6. The number of amides is 1. The molecule has 0 aliphatic heterocycles. The zero-order valence-electron chi connectivity index (χ0n) is 15.1. The lowest BCUT2D eigenvalue weighted by molar-refractivity contribution is -0.384. The van der Waals surface area contributed by atoms with Gasteiger partial charge >= 0.3 is 0 Å². The lowest BCUT2D eigenvalue weighted by Crippen LogP contribution is -2.30. The molecular formula is C19H22N2O5. The summed E-state index contributed by atoms with van der Waals surface area (Å²) in [7, 11) is 4.91. The first-order valence-electron chi connectivity index (χ1n) is 8.12. The number of carbonyl (C=O) groups excluding carboxylic acids is 1. The molecule has 2 rings (SSSR count). The monoisotopic (exact) mass is 358 g/mol. The van der Waals surface area contributed by atoms with E-state index in [0.717, 1.165) is 11.1 Å². The molecule has 1 amide bonds. The van der Waals surface area contributed by atoms with Crippen molar-refractivity contribution >= 4 is 11.6 Å². The number of hydrogen-bond donors (Lipinski definition) is 0. The third-order valence-electron chi connectivity index (χ3n) is 4.11. The number of nitrogens with zero attached hydrogens (tertiary/aromatic N) is 2. The molecule has 0 saturated heterocycles. The van der Waals surface area contributed by atoms with Crippen molar-refractivity contribution in [3.05, 3.63) is 63.7 Å². The van der Waals surface area contributed by atoms with Crippen LogP contribution in [0.3, 0.4) is 0 Å². The molecule has 0 aromatic heterocycles. The molecule has 0 radical (unpaired) electrons. The van der Waals surface area contributed by atoms with Crippen molar-refractivity contribution in [3.63, 3.8) is 0 Å². The Kier molecular flexibility index (Phi) is 6.54. The number of hydrogen-bond acceptors (Lipinski definition) is 5. The summed E-state index contributed by atoms with van der Waals surface area (Å²) in [6, 6.07) is 11.7. The maximum absolute atomic E-state index is 12.3. The van der Waals surface area contributed by atoms with Gasteiger partial charge in [-0.05, 0) is 29.7 Å². The Hall–Kier alpha value is -3.09. The molecule has 138 valence electrons. The maximum atomic E-state index is 12.3. The predicted octanol–water partition coefficient (Wildman–Crippen LogP) is 2.86. The number of benzene rings is 2. The van der Waals surface area contributed by atoms with E-state index in [1.807, 2.05) is 18.2 Å². The first-order valence-corrected chi connectivity index (χ1v) is 8.12. The van der Waals surface area contributed by atoms with Crippen LogP contribution in [0.1, 0.15) is 11.1 Å². The third-order valence-corrected chi connectivity index (χ3v) is 4.11. The van der Waals surface area contributed by atoms with Crippen molar-refractivity contribution < 1.29 is 19.2 Å². The molecule has 0 heterocycles. The smallest absolute Gasteiger partial charge is 0.269 e. The molecule has 0 fully saturated rings. The summed E-state index contributed by atoms with van der Waals surface area (Å²) in [6.07, 6.45) is 0.892. The van der Waals surface area contributed by atoms with Gasteiger partial charge in [-0.3, -0.25) is 14.9 Å². The quantitative estimate of drug-likeness (QED) is 0.535. The van der Waals surface area contributed by atoms with E-state index < -0.39 is 4.92 Å². The van der Waals surface area contributed by atoms with E-state index in [1.54, 1.807) is 38.3 Å². The Morgan fingerprint density at radius 3 is 2.23 bits per heavy atom. The second kappa shape index (κ2) is 8.84. The van der Waals surface area contributed by atoms with Gasteiger partial charge < -0.3 is 14.4 Å². The van der Waals surface area contributed by atoms with Gasteiger partial charge in [0, 0.05) is 25.7 Å². The highest BCUT2D eigenvalue weighted by Gasteiger charge is 2.12. The van der Waals surface area contributed by atoms with Gasteiger partial charge in [0.15, 0.2) is 11.5 Å². The van der Waals surface area contributed by atoms with E-state index in [9.17, 15) is 14.9 Å². The molecular weight excluding hydrogens is 336 g/mol. The molecule has 0 spiro atoms. The lowest BCUT2D eigenvalue weighted by Gasteiger charge is -2.18. The fourth-order valence-corrected chi connectivity index (χ4v) is 2.50. The van der Waals surface area contributed by atoms with Crippen molar-refractivity contribution in [2.75, 3.05) is 27.8 Å². The van der Waals surface area contributed by atoms with Gasteiger partial charge in [0.1, 0.15) is 0 Å². The van der Waals surface area contributed by atoms with E-state index in [-0.39, 0.29) is 18.0 Å². The average molecular weight is 358 g/mol. The average Bonchev–Trinajstić information content (AvgIpc) is 2.66. The number of carbonyl (C=O) groups is 1. The summed E-state index contributed by atoms with van der Waals surface area (Å²) in [6.45, 7) is 0.557. The molecule has 0 saturated carbocycles. The fraction of sp³-hybridized carbons (Fsp3) is 0.316. The highest BCUT2D eigenvalue weighted by molar-refractivity contribution is 5.78. The van der Waals surface area contributed by atoms with Crippen LogP contribution >= 0.6 is 0 Å². The zero-order chi connectivity index (χ0) is 19.1. The second-order valence-corrected chi connectivity index (χ2v) is 5.85. The summed E-state index contributed by atoms with van der Waals surface area (Å²) in [4.78, 5) is 24.2. The van der Waals surface area contributed by atoms with Crippen LogP contribution in [0.15, 0.2) is 42.5 Å². The van der Waals surface area contributed by atoms with Gasteiger partial charge in [0.25, 0.3) is 5.69 Å². The minimum absolute atomic E-state index is 0.0167. The number of ether oxygens (including phenoxy) is 2. The van der Waals surface area contributed by atoms with Crippen molar-refractivity contribution in [2.24, 2.45) is 0 Å². The summed E-state index contributed by atoms with van der Waals surface area (Å²) in [5, 5.41) is 10.7. The van der Waals surface area contributed by atoms with E-state index in [4.69, 9.17) is 9.47 Å². The van der Waals surface area contributed by atoms with Crippen molar-refractivity contribution in [1.82, 2.24) is 4.90 Å². The number of nitro groups is 1. The van der Waals surface area contributed by atoms with Crippen LogP contribution in [0.4, 0.5) is 5.69 Å². The van der Waals surface area contributed by atoms with Crippen molar-refractivity contribution in [1.29, 1.82) is 0 Å². The van der Waals surface area contributed by atoms with Crippen LogP contribution in [0.25, 0.3) is 0 Å². The Morgan fingerprint density at radius 1 is 1.04 bits per heavy atom. The van der Waals surface area contributed by atoms with Crippen LogP contribution < -0.4 is 9.47 Å². The normalized spacial score (nSPS) is 10.3. The number of non-ortho nitro benzene ring substituents is 1. The Morgan fingerprint density at radius 2 is 1.65 bits per heavy atom. The van der Waals surface area contributed by atoms with Crippen molar-refractivity contribution in [2.45, 2.75) is 12.8 Å². The van der Waals surface area contributed by atoms with Crippen LogP contribution in [0, 0.1) is 10.1 Å². The third kappa shape index (κ3) is 4.95. The summed E-state index contributed by atoms with van der Waals surface area (Å²) in [5.41, 5.74) is 1.80. The Bertz CT molecular complexity index is 774. The number of methoxy groups -OCH3 is 2. The van der Waals surface area contributed by atoms with Gasteiger partial charge in [-0.2, -0.15) is 0 Å². The molecule has 26 heavy (non-hydrogen) atoms. The SMILES string of the molecule is COc1ccc(CCN(C)C(=O)Cc2ccc([N+](=O)[O-])cc2)cc1OC. The second-order valence-electron chi connectivity index (χ2n) is 5.85. The molecule has 0 bridgehead atoms. The first kappa shape index (κ1) is 19.2. The van der Waals surface area contributed by atoms with Gasteiger partial charge in [0.2, 0.25) is 5.91 Å².